The fraction of sp³-hybridized carbons (Fsp3) is 0.625. The molecule has 0 radical (unpaired) electrons. The number of hydrogen-bond acceptors (Lipinski definition) is 5. The molecule has 76 valence electrons. The molecule has 0 saturated carbocycles. The SMILES string of the molecule is C=CC(=O)OCCOCCOCN. The molecule has 0 unspecified atom stereocenters. The molecule has 2 N–H and O–H groups in total. The third-order valence-electron chi connectivity index (χ3n) is 1.13. The van der Waals surface area contributed by atoms with E-state index in [0.29, 0.717) is 19.8 Å². The smallest absolute Gasteiger partial charge is 0.330 e. The Hall–Kier alpha value is -0.910. The molecular weight excluding hydrogens is 174 g/mol. The second-order valence-electron chi connectivity index (χ2n) is 2.06. The molecule has 0 aliphatic carbocycles. The van der Waals surface area contributed by atoms with E-state index < -0.39 is 5.97 Å². The summed E-state index contributed by atoms with van der Waals surface area (Å²) >= 11 is 0. The lowest BCUT2D eigenvalue weighted by atomic mass is 10.6. The van der Waals surface area contributed by atoms with Crippen LogP contribution in [0.2, 0.25) is 0 Å². The number of ether oxygens (including phenoxy) is 3. The van der Waals surface area contributed by atoms with E-state index in [9.17, 15) is 4.79 Å². The first-order valence-electron chi connectivity index (χ1n) is 3.96. The summed E-state index contributed by atoms with van der Waals surface area (Å²) in [6.07, 6.45) is 1.11. The van der Waals surface area contributed by atoms with Crippen LogP contribution in [-0.2, 0) is 19.0 Å². The van der Waals surface area contributed by atoms with E-state index >= 15 is 0 Å². The molecule has 0 aliphatic heterocycles. The Morgan fingerprint density at radius 1 is 1.23 bits per heavy atom. The van der Waals surface area contributed by atoms with Crippen LogP contribution in [0.4, 0.5) is 0 Å². The molecule has 0 spiro atoms. The second-order valence-corrected chi connectivity index (χ2v) is 2.06. The molecule has 0 aliphatic rings. The van der Waals surface area contributed by atoms with Gasteiger partial charge in [0, 0.05) is 6.08 Å². The third kappa shape index (κ3) is 9.00. The van der Waals surface area contributed by atoms with Gasteiger partial charge in [0.15, 0.2) is 0 Å². The summed E-state index contributed by atoms with van der Waals surface area (Å²) in [7, 11) is 0. The van der Waals surface area contributed by atoms with Gasteiger partial charge in [-0.25, -0.2) is 4.79 Å². The quantitative estimate of drug-likeness (QED) is 0.245. The van der Waals surface area contributed by atoms with Crippen LogP contribution in [0.3, 0.4) is 0 Å². The number of carbonyl (C=O) groups is 1. The maximum absolute atomic E-state index is 10.5. The standard InChI is InChI=1S/C8H15NO4/c1-2-8(10)13-6-5-11-3-4-12-7-9/h2H,1,3-7,9H2. The van der Waals surface area contributed by atoms with Crippen LogP contribution in [-0.4, -0.2) is 39.1 Å². The molecule has 5 nitrogen and oxygen atoms in total. The fourth-order valence-electron chi connectivity index (χ4n) is 0.563. The van der Waals surface area contributed by atoms with Gasteiger partial charge in [0.1, 0.15) is 6.61 Å². The Kier molecular flexibility index (Phi) is 8.54. The summed E-state index contributed by atoms with van der Waals surface area (Å²) in [5.41, 5.74) is 5.07. The van der Waals surface area contributed by atoms with E-state index in [2.05, 4.69) is 11.3 Å². The zero-order valence-electron chi connectivity index (χ0n) is 7.53. The molecule has 5 heteroatoms. The van der Waals surface area contributed by atoms with Crippen LogP contribution in [0, 0.1) is 0 Å². The number of hydrogen-bond donors (Lipinski definition) is 1. The zero-order chi connectivity index (χ0) is 9.94. The topological polar surface area (TPSA) is 70.8 Å². The van der Waals surface area contributed by atoms with E-state index in [1.165, 1.54) is 0 Å². The highest BCUT2D eigenvalue weighted by Gasteiger charge is 1.94. The van der Waals surface area contributed by atoms with Gasteiger partial charge < -0.3 is 19.9 Å². The van der Waals surface area contributed by atoms with E-state index in [4.69, 9.17) is 15.2 Å². The minimum atomic E-state index is -0.443. The number of rotatable bonds is 8. The van der Waals surface area contributed by atoms with E-state index in [1.54, 1.807) is 0 Å². The van der Waals surface area contributed by atoms with Crippen molar-refractivity contribution in [2.24, 2.45) is 5.73 Å². The van der Waals surface area contributed by atoms with E-state index in [-0.39, 0.29) is 13.3 Å². The second kappa shape index (κ2) is 9.18. The van der Waals surface area contributed by atoms with Crippen LogP contribution in [0.1, 0.15) is 0 Å². The largest absolute Gasteiger partial charge is 0.460 e. The lowest BCUT2D eigenvalue weighted by Crippen LogP contribution is -2.13. The van der Waals surface area contributed by atoms with Gasteiger partial charge in [-0.1, -0.05) is 6.58 Å². The number of esters is 1. The minimum absolute atomic E-state index is 0.189. The molecule has 0 fully saturated rings. The monoisotopic (exact) mass is 189 g/mol. The van der Waals surface area contributed by atoms with E-state index in [1.807, 2.05) is 0 Å². The van der Waals surface area contributed by atoms with Gasteiger partial charge in [-0.15, -0.1) is 0 Å². The van der Waals surface area contributed by atoms with Crippen LogP contribution in [0.15, 0.2) is 12.7 Å². The van der Waals surface area contributed by atoms with Crippen molar-refractivity contribution in [2.45, 2.75) is 0 Å². The molecule has 0 rings (SSSR count). The molecule has 0 aromatic heterocycles. The van der Waals surface area contributed by atoms with Crippen LogP contribution in [0.25, 0.3) is 0 Å². The molecule has 0 atom stereocenters. The highest BCUT2D eigenvalue weighted by Crippen LogP contribution is 1.81. The Morgan fingerprint density at radius 2 is 1.85 bits per heavy atom. The molecular formula is C8H15NO4. The molecule has 0 aromatic rings. The van der Waals surface area contributed by atoms with Crippen LogP contribution in [0.5, 0.6) is 0 Å². The van der Waals surface area contributed by atoms with Crippen LogP contribution >= 0.6 is 0 Å². The van der Waals surface area contributed by atoms with Crippen molar-refractivity contribution < 1.29 is 19.0 Å². The van der Waals surface area contributed by atoms with E-state index in [0.717, 1.165) is 6.08 Å². The van der Waals surface area contributed by atoms with Crippen molar-refractivity contribution in [1.29, 1.82) is 0 Å². The molecule has 0 aromatic carbocycles. The van der Waals surface area contributed by atoms with Crippen LogP contribution < -0.4 is 5.73 Å². The van der Waals surface area contributed by atoms with Crippen molar-refractivity contribution in [2.75, 3.05) is 33.2 Å². The zero-order valence-corrected chi connectivity index (χ0v) is 7.53. The summed E-state index contributed by atoms with van der Waals surface area (Å²) < 4.78 is 14.5. The number of nitrogens with two attached hydrogens (primary N) is 1. The summed E-state index contributed by atoms with van der Waals surface area (Å²) in [4.78, 5) is 10.5. The normalized spacial score (nSPS) is 9.62. The predicted molar refractivity (Wildman–Crippen MR) is 47.0 cm³/mol. The van der Waals surface area contributed by atoms with Gasteiger partial charge >= 0.3 is 5.97 Å². The fourth-order valence-corrected chi connectivity index (χ4v) is 0.563. The maximum atomic E-state index is 10.5. The van der Waals surface area contributed by atoms with Crippen molar-refractivity contribution >= 4 is 5.97 Å². The summed E-state index contributed by atoms with van der Waals surface area (Å²) in [6.45, 7) is 4.92. The average Bonchev–Trinajstić information content (AvgIpc) is 2.16. The molecule has 0 saturated heterocycles. The summed E-state index contributed by atoms with van der Waals surface area (Å²) in [5.74, 6) is -0.443. The van der Waals surface area contributed by atoms with Gasteiger partial charge in [0.2, 0.25) is 0 Å². The van der Waals surface area contributed by atoms with Gasteiger partial charge in [-0.2, -0.15) is 0 Å². The lowest BCUT2D eigenvalue weighted by Gasteiger charge is -2.04. The lowest BCUT2D eigenvalue weighted by molar-refractivity contribution is -0.139. The van der Waals surface area contributed by atoms with Gasteiger partial charge in [-0.3, -0.25) is 0 Å². The first-order chi connectivity index (χ1) is 6.31. The third-order valence-corrected chi connectivity index (χ3v) is 1.13. The Balaban J connectivity index is 2.99. The minimum Gasteiger partial charge on any atom is -0.460 e. The van der Waals surface area contributed by atoms with Gasteiger partial charge in [0.05, 0.1) is 26.6 Å². The molecule has 0 bridgehead atoms. The first-order valence-corrected chi connectivity index (χ1v) is 3.96. The van der Waals surface area contributed by atoms with Crippen molar-refractivity contribution in [3.05, 3.63) is 12.7 Å². The molecule has 13 heavy (non-hydrogen) atoms. The summed E-state index contributed by atoms with van der Waals surface area (Å²) in [5, 5.41) is 0. The average molecular weight is 189 g/mol. The molecule has 0 heterocycles. The predicted octanol–water partition coefficient (Wildman–Crippen LogP) is -0.335. The highest BCUT2D eigenvalue weighted by atomic mass is 16.6. The van der Waals surface area contributed by atoms with Crippen molar-refractivity contribution in [1.82, 2.24) is 0 Å². The van der Waals surface area contributed by atoms with Gasteiger partial charge in [-0.05, 0) is 0 Å². The highest BCUT2D eigenvalue weighted by molar-refractivity contribution is 5.81. The number of carbonyl (C=O) groups excluding carboxylic acids is 1. The first kappa shape index (κ1) is 12.1. The van der Waals surface area contributed by atoms with Crippen molar-refractivity contribution in [3.8, 4) is 0 Å². The van der Waals surface area contributed by atoms with Gasteiger partial charge in [0.25, 0.3) is 0 Å². The Morgan fingerprint density at radius 3 is 2.46 bits per heavy atom. The Labute approximate surface area is 77.4 Å². The summed E-state index contributed by atoms with van der Waals surface area (Å²) in [6, 6.07) is 0. The Bertz CT molecular complexity index is 149. The molecule has 0 amide bonds. The maximum Gasteiger partial charge on any atom is 0.330 e. The van der Waals surface area contributed by atoms with Crippen molar-refractivity contribution in [3.63, 3.8) is 0 Å².